The summed E-state index contributed by atoms with van der Waals surface area (Å²) in [4.78, 5) is 25.6. The normalized spacial score (nSPS) is 43.0. The molecule has 5 rings (SSSR count). The molecule has 1 heterocycles. The molecule has 0 unspecified atom stereocenters. The van der Waals surface area contributed by atoms with Gasteiger partial charge in [-0.05, 0) is 55.4 Å². The number of amides is 1. The molecule has 3 aliphatic carbocycles. The van der Waals surface area contributed by atoms with E-state index in [0.29, 0.717) is 23.0 Å². The van der Waals surface area contributed by atoms with Crippen molar-refractivity contribution in [3.63, 3.8) is 0 Å². The summed E-state index contributed by atoms with van der Waals surface area (Å²) in [5, 5.41) is 3.24. The minimum Gasteiger partial charge on any atom is -0.348 e. The van der Waals surface area contributed by atoms with Crippen molar-refractivity contribution in [3.05, 3.63) is 35.4 Å². The molecule has 0 spiro atoms. The first-order valence-electron chi connectivity index (χ1n) is 8.16. The molecule has 4 aliphatic rings. The largest absolute Gasteiger partial charge is 0.348 e. The van der Waals surface area contributed by atoms with Gasteiger partial charge in [-0.3, -0.25) is 9.59 Å². The molecule has 0 saturated heterocycles. The molecule has 3 nitrogen and oxygen atoms in total. The molecule has 0 radical (unpaired) electrons. The van der Waals surface area contributed by atoms with Crippen LogP contribution < -0.4 is 5.32 Å². The van der Waals surface area contributed by atoms with Crippen LogP contribution in [-0.2, 0) is 0 Å². The second kappa shape index (κ2) is 3.96. The molecule has 1 aromatic rings. The zero-order valence-corrected chi connectivity index (χ0v) is 11.9. The number of nitrogens with one attached hydrogen (secondary N) is 1. The van der Waals surface area contributed by atoms with E-state index in [2.05, 4.69) is 5.32 Å². The fraction of sp³-hybridized carbons (Fsp3) is 0.556. The molecule has 108 valence electrons. The fourth-order valence-corrected chi connectivity index (χ4v) is 5.82. The summed E-state index contributed by atoms with van der Waals surface area (Å²) in [6.45, 7) is 0. The predicted molar refractivity (Wildman–Crippen MR) is 77.9 cm³/mol. The Hall–Kier alpha value is -1.64. The minimum absolute atomic E-state index is 0.0177. The van der Waals surface area contributed by atoms with Crippen molar-refractivity contribution in [3.8, 4) is 0 Å². The zero-order chi connectivity index (χ0) is 14.1. The van der Waals surface area contributed by atoms with Crippen LogP contribution in [0.15, 0.2) is 24.3 Å². The Kier molecular flexibility index (Phi) is 2.26. The third kappa shape index (κ3) is 1.49. The second-order valence-corrected chi connectivity index (χ2v) is 7.43. The van der Waals surface area contributed by atoms with Gasteiger partial charge in [-0.25, -0.2) is 0 Å². The Balaban J connectivity index is 1.66. The van der Waals surface area contributed by atoms with Gasteiger partial charge in [0.1, 0.15) is 0 Å². The minimum atomic E-state index is -0.0452. The third-order valence-electron chi connectivity index (χ3n) is 6.48. The van der Waals surface area contributed by atoms with E-state index in [1.54, 1.807) is 6.07 Å². The Bertz CT molecular complexity index is 650. The van der Waals surface area contributed by atoms with Crippen LogP contribution in [0.25, 0.3) is 0 Å². The maximum absolute atomic E-state index is 13.1. The van der Waals surface area contributed by atoms with Crippen LogP contribution >= 0.6 is 0 Å². The van der Waals surface area contributed by atoms with Gasteiger partial charge in [0.15, 0.2) is 5.78 Å². The lowest BCUT2D eigenvalue weighted by Gasteiger charge is -2.44. The summed E-state index contributed by atoms with van der Waals surface area (Å²) in [6.07, 6.45) is 4.93. The average molecular weight is 281 g/mol. The quantitative estimate of drug-likeness (QED) is 0.794. The molecular formula is C18H19NO2. The van der Waals surface area contributed by atoms with Crippen molar-refractivity contribution in [2.45, 2.75) is 31.7 Å². The predicted octanol–water partition coefficient (Wildman–Crippen LogP) is 2.66. The molecule has 3 heteroatoms. The lowest BCUT2D eigenvalue weighted by Crippen LogP contribution is -2.52. The van der Waals surface area contributed by atoms with Gasteiger partial charge in [-0.15, -0.1) is 0 Å². The van der Waals surface area contributed by atoms with Crippen LogP contribution in [0.1, 0.15) is 46.4 Å². The first-order valence-corrected chi connectivity index (χ1v) is 8.16. The summed E-state index contributed by atoms with van der Waals surface area (Å²) in [6, 6.07) is 7.41. The lowest BCUT2D eigenvalue weighted by molar-refractivity contribution is 0.0502. The molecule has 1 amide bonds. The lowest BCUT2D eigenvalue weighted by atomic mass is 9.62. The Labute approximate surface area is 124 Å². The van der Waals surface area contributed by atoms with Crippen molar-refractivity contribution >= 4 is 11.7 Å². The summed E-state index contributed by atoms with van der Waals surface area (Å²) in [7, 11) is 0. The van der Waals surface area contributed by atoms with E-state index in [4.69, 9.17) is 0 Å². The summed E-state index contributed by atoms with van der Waals surface area (Å²) < 4.78 is 0. The summed E-state index contributed by atoms with van der Waals surface area (Å²) >= 11 is 0. The summed E-state index contributed by atoms with van der Waals surface area (Å²) in [5.74, 6) is 2.73. The van der Waals surface area contributed by atoms with Gasteiger partial charge in [0, 0.05) is 17.5 Å². The molecule has 3 saturated carbocycles. The van der Waals surface area contributed by atoms with Crippen molar-refractivity contribution in [1.29, 1.82) is 0 Å². The molecule has 1 N–H and O–H groups in total. The standard InChI is InChI=1S/C18H19NO2/c20-17-12-3-1-2-4-13(12)18(21)19-16-14-7-9-5-10(14)8-11(6-9)15(16)17/h1-4,9-11,14-16H,5-8H2,(H,19,21)/t9-,10+,11-,14-,15+,16-/m1/s1. The second-order valence-electron chi connectivity index (χ2n) is 7.43. The number of benzene rings is 1. The van der Waals surface area contributed by atoms with E-state index in [0.717, 1.165) is 11.8 Å². The molecule has 0 aromatic heterocycles. The number of Topliss-reactive ketones (excluding diaryl/α,β-unsaturated/α-hetero) is 1. The van der Waals surface area contributed by atoms with Crippen LogP contribution in [0.2, 0.25) is 0 Å². The smallest absolute Gasteiger partial charge is 0.252 e. The zero-order valence-electron chi connectivity index (χ0n) is 11.9. The van der Waals surface area contributed by atoms with Crippen LogP contribution in [-0.4, -0.2) is 17.7 Å². The maximum Gasteiger partial charge on any atom is 0.252 e. The molecular weight excluding hydrogens is 262 g/mol. The highest BCUT2D eigenvalue weighted by Crippen LogP contribution is 2.58. The molecule has 3 fully saturated rings. The summed E-state index contributed by atoms with van der Waals surface area (Å²) in [5.41, 5.74) is 1.21. The highest BCUT2D eigenvalue weighted by Gasteiger charge is 2.56. The van der Waals surface area contributed by atoms with E-state index >= 15 is 0 Å². The van der Waals surface area contributed by atoms with Gasteiger partial charge in [0.2, 0.25) is 0 Å². The van der Waals surface area contributed by atoms with Gasteiger partial charge in [-0.1, -0.05) is 18.2 Å². The highest BCUT2D eigenvalue weighted by atomic mass is 16.2. The molecule has 1 aromatic carbocycles. The van der Waals surface area contributed by atoms with Crippen LogP contribution in [0.4, 0.5) is 0 Å². The number of hydrogen-bond acceptors (Lipinski definition) is 2. The number of rotatable bonds is 0. The van der Waals surface area contributed by atoms with Crippen LogP contribution in [0.3, 0.4) is 0 Å². The van der Waals surface area contributed by atoms with Gasteiger partial charge >= 0.3 is 0 Å². The van der Waals surface area contributed by atoms with E-state index in [1.165, 1.54) is 25.7 Å². The van der Waals surface area contributed by atoms with Gasteiger partial charge in [0.25, 0.3) is 5.91 Å². The van der Waals surface area contributed by atoms with Crippen molar-refractivity contribution < 1.29 is 9.59 Å². The van der Waals surface area contributed by atoms with Crippen molar-refractivity contribution in [2.75, 3.05) is 0 Å². The van der Waals surface area contributed by atoms with Crippen molar-refractivity contribution in [1.82, 2.24) is 5.32 Å². The number of carbonyl (C=O) groups is 2. The van der Waals surface area contributed by atoms with E-state index in [9.17, 15) is 9.59 Å². The molecule has 21 heavy (non-hydrogen) atoms. The van der Waals surface area contributed by atoms with Gasteiger partial charge in [0.05, 0.1) is 5.56 Å². The third-order valence-corrected chi connectivity index (χ3v) is 6.48. The van der Waals surface area contributed by atoms with Crippen LogP contribution in [0.5, 0.6) is 0 Å². The van der Waals surface area contributed by atoms with E-state index < -0.39 is 0 Å². The maximum atomic E-state index is 13.1. The number of fused-ring (bicyclic) bond motifs is 6. The van der Waals surface area contributed by atoms with E-state index in [-0.39, 0.29) is 23.7 Å². The average Bonchev–Trinajstić information content (AvgIpc) is 2.67. The molecule has 6 atom stereocenters. The first kappa shape index (κ1) is 12.0. The fourth-order valence-electron chi connectivity index (χ4n) is 5.82. The highest BCUT2D eigenvalue weighted by molar-refractivity contribution is 6.11. The number of carbonyl (C=O) groups excluding carboxylic acids is 2. The SMILES string of the molecule is O=C1N[C@@H]2[C@@H]3C[C@@H]4C[C@H]3C[C@@H](C4)[C@@H]2C(=O)c2ccccc21. The molecule has 3 bridgehead atoms. The van der Waals surface area contributed by atoms with Crippen LogP contribution in [0, 0.1) is 29.6 Å². The Morgan fingerprint density at radius 2 is 1.67 bits per heavy atom. The van der Waals surface area contributed by atoms with Crippen molar-refractivity contribution in [2.24, 2.45) is 29.6 Å². The van der Waals surface area contributed by atoms with Gasteiger partial charge in [-0.2, -0.15) is 0 Å². The Morgan fingerprint density at radius 1 is 0.905 bits per heavy atom. The topological polar surface area (TPSA) is 46.2 Å². The first-order chi connectivity index (χ1) is 10.2. The monoisotopic (exact) mass is 281 g/mol. The Morgan fingerprint density at radius 3 is 2.52 bits per heavy atom. The van der Waals surface area contributed by atoms with Gasteiger partial charge < -0.3 is 5.32 Å². The number of ketones is 1. The molecule has 1 aliphatic heterocycles. The van der Waals surface area contributed by atoms with E-state index in [1.807, 2.05) is 18.2 Å². The number of hydrogen-bond donors (Lipinski definition) is 1.